The van der Waals surface area contributed by atoms with Gasteiger partial charge in [0.2, 0.25) is 0 Å². The van der Waals surface area contributed by atoms with Crippen LogP contribution in [0.15, 0.2) is 12.1 Å². The van der Waals surface area contributed by atoms with Crippen LogP contribution in [0.5, 0.6) is 0 Å². The van der Waals surface area contributed by atoms with Crippen molar-refractivity contribution in [3.05, 3.63) is 23.3 Å². The van der Waals surface area contributed by atoms with E-state index >= 15 is 0 Å². The monoisotopic (exact) mass is 460 g/mol. The third-order valence-electron chi connectivity index (χ3n) is 5.96. The third kappa shape index (κ3) is 4.84. The van der Waals surface area contributed by atoms with E-state index in [1.165, 1.54) is 0 Å². The molecule has 0 radical (unpaired) electrons. The van der Waals surface area contributed by atoms with Gasteiger partial charge in [-0.1, -0.05) is 0 Å². The van der Waals surface area contributed by atoms with Gasteiger partial charge >= 0.3 is 0 Å². The zero-order valence-electron chi connectivity index (χ0n) is 17.7. The average molecular weight is 460 g/mol. The third-order valence-corrected chi connectivity index (χ3v) is 5.96. The zero-order chi connectivity index (χ0) is 23.7. The van der Waals surface area contributed by atoms with E-state index in [1.54, 1.807) is 12.1 Å². The summed E-state index contributed by atoms with van der Waals surface area (Å²) in [7, 11) is 0. The van der Waals surface area contributed by atoms with Gasteiger partial charge in [0.25, 0.3) is 0 Å². The lowest BCUT2D eigenvalue weighted by Gasteiger charge is -2.25. The summed E-state index contributed by atoms with van der Waals surface area (Å²) in [4.78, 5) is 0. The Labute approximate surface area is 184 Å². The van der Waals surface area contributed by atoms with E-state index in [2.05, 4.69) is 10.6 Å². The lowest BCUT2D eigenvalue weighted by Crippen LogP contribution is -2.41. The summed E-state index contributed by atoms with van der Waals surface area (Å²) >= 11 is 0. The molecule has 0 amide bonds. The van der Waals surface area contributed by atoms with Gasteiger partial charge in [0.1, 0.15) is 48.8 Å². The second kappa shape index (κ2) is 10.1. The van der Waals surface area contributed by atoms with Crippen molar-refractivity contribution in [2.24, 2.45) is 0 Å². The van der Waals surface area contributed by atoms with Crippen LogP contribution in [-0.4, -0.2) is 115 Å². The fraction of sp³-hybridized carbons (Fsp3) is 0.700. The van der Waals surface area contributed by atoms with Gasteiger partial charge < -0.3 is 61.0 Å². The number of hydrogen-bond donors (Lipinski definition) is 10. The van der Waals surface area contributed by atoms with Crippen molar-refractivity contribution >= 4 is 11.4 Å². The van der Waals surface area contributed by atoms with Crippen LogP contribution in [0, 0.1) is 13.8 Å². The first-order valence-electron chi connectivity index (χ1n) is 10.3. The maximum absolute atomic E-state index is 10.3. The van der Waals surface area contributed by atoms with Gasteiger partial charge in [0.05, 0.1) is 24.6 Å². The molecule has 0 spiro atoms. The second-order valence-electron chi connectivity index (χ2n) is 8.28. The highest BCUT2D eigenvalue weighted by Crippen LogP contribution is 2.33. The number of aliphatic hydroxyl groups excluding tert-OH is 8. The molecule has 10 atom stereocenters. The Morgan fingerprint density at radius 3 is 1.38 bits per heavy atom. The zero-order valence-corrected chi connectivity index (χ0v) is 17.7. The summed E-state index contributed by atoms with van der Waals surface area (Å²) in [6.45, 7) is 2.39. The minimum Gasteiger partial charge on any atom is -0.394 e. The van der Waals surface area contributed by atoms with Gasteiger partial charge in [-0.05, 0) is 37.1 Å². The van der Waals surface area contributed by atoms with E-state index in [0.717, 1.165) is 11.1 Å². The van der Waals surface area contributed by atoms with Crippen LogP contribution in [-0.2, 0) is 9.47 Å². The summed E-state index contributed by atoms with van der Waals surface area (Å²) in [5.41, 5.74) is 2.55. The Kier molecular flexibility index (Phi) is 7.93. The number of nitrogens with one attached hydrogen (secondary N) is 2. The standard InChI is InChI=1S/C20H32N2O10/c1-7-3-9(21-19-15(29)13(27)17(31-19)11(25)5-23)10(4-8(7)2)22-20-16(30)14(28)18(32-20)12(26)6-24/h3-4,11-30H,5-6H2,1-2H3/t11-,12+,13-,14+,15-,16+,17-,18+,19-,20-/m1/s1. The molecule has 2 heterocycles. The fourth-order valence-corrected chi connectivity index (χ4v) is 3.85. The first-order valence-corrected chi connectivity index (χ1v) is 10.3. The molecule has 2 fully saturated rings. The molecule has 32 heavy (non-hydrogen) atoms. The van der Waals surface area contributed by atoms with Crippen molar-refractivity contribution < 1.29 is 50.3 Å². The highest BCUT2D eigenvalue weighted by Gasteiger charge is 2.47. The van der Waals surface area contributed by atoms with Crippen LogP contribution in [0.1, 0.15) is 11.1 Å². The van der Waals surface area contributed by atoms with Crippen molar-refractivity contribution in [2.45, 2.75) is 75.1 Å². The van der Waals surface area contributed by atoms with Crippen LogP contribution in [0.25, 0.3) is 0 Å². The molecule has 0 bridgehead atoms. The lowest BCUT2D eigenvalue weighted by atomic mass is 10.0. The smallest absolute Gasteiger partial charge is 0.157 e. The number of rotatable bonds is 8. The topological polar surface area (TPSA) is 204 Å². The molecular weight excluding hydrogens is 428 g/mol. The Bertz CT molecular complexity index is 720. The van der Waals surface area contributed by atoms with Crippen LogP contribution >= 0.6 is 0 Å². The maximum Gasteiger partial charge on any atom is 0.157 e. The average Bonchev–Trinajstić information content (AvgIpc) is 3.21. The molecular formula is C20H32N2O10. The highest BCUT2D eigenvalue weighted by molar-refractivity contribution is 5.71. The predicted octanol–water partition coefficient (Wildman–Crippen LogP) is -3.27. The molecule has 1 aromatic carbocycles. The Morgan fingerprint density at radius 1 is 0.719 bits per heavy atom. The Morgan fingerprint density at radius 2 is 1.06 bits per heavy atom. The van der Waals surface area contributed by atoms with E-state index < -0.39 is 74.5 Å². The number of aryl methyl sites for hydroxylation is 2. The minimum atomic E-state index is -1.44. The number of anilines is 2. The van der Waals surface area contributed by atoms with Gasteiger partial charge in [0.15, 0.2) is 12.5 Å². The molecule has 0 aliphatic carbocycles. The van der Waals surface area contributed by atoms with Crippen molar-refractivity contribution in [1.29, 1.82) is 0 Å². The molecule has 1 aromatic rings. The molecule has 2 aliphatic rings. The molecule has 0 unspecified atom stereocenters. The van der Waals surface area contributed by atoms with E-state index in [4.69, 9.17) is 19.7 Å². The van der Waals surface area contributed by atoms with Gasteiger partial charge in [-0.3, -0.25) is 0 Å². The molecule has 12 heteroatoms. The van der Waals surface area contributed by atoms with E-state index in [1.807, 2.05) is 13.8 Å². The summed E-state index contributed by atoms with van der Waals surface area (Å²) in [5, 5.41) is 84.7. The summed E-state index contributed by atoms with van der Waals surface area (Å²) in [5.74, 6) is 0. The van der Waals surface area contributed by atoms with Crippen LogP contribution in [0.2, 0.25) is 0 Å². The van der Waals surface area contributed by atoms with Gasteiger partial charge in [-0.2, -0.15) is 0 Å². The number of aliphatic hydroxyl groups is 8. The SMILES string of the molecule is Cc1cc(N[C@@H]2O[C@H]([C@H](O)CO)[C@H](O)[C@H]2O)c(N[C@@H]2O[C@@H]([C@@H](O)CO)[C@@H](O)[C@@H]2O)cc1C. The van der Waals surface area contributed by atoms with Crippen LogP contribution in [0.4, 0.5) is 11.4 Å². The van der Waals surface area contributed by atoms with Gasteiger partial charge in [0, 0.05) is 0 Å². The molecule has 0 saturated carbocycles. The van der Waals surface area contributed by atoms with Gasteiger partial charge in [-0.25, -0.2) is 0 Å². The van der Waals surface area contributed by atoms with Crippen molar-refractivity contribution in [3.63, 3.8) is 0 Å². The predicted molar refractivity (Wildman–Crippen MR) is 111 cm³/mol. The first-order chi connectivity index (χ1) is 15.1. The molecule has 2 saturated heterocycles. The Balaban J connectivity index is 1.81. The van der Waals surface area contributed by atoms with E-state index in [-0.39, 0.29) is 0 Å². The number of benzene rings is 1. The summed E-state index contributed by atoms with van der Waals surface area (Å²) < 4.78 is 11.0. The largest absolute Gasteiger partial charge is 0.394 e. The maximum atomic E-state index is 10.3. The molecule has 12 nitrogen and oxygen atoms in total. The molecule has 3 rings (SSSR count). The summed E-state index contributed by atoms with van der Waals surface area (Å²) in [6.07, 6.45) is -13.1. The molecule has 10 N–H and O–H groups in total. The lowest BCUT2D eigenvalue weighted by molar-refractivity contribution is -0.0776. The second-order valence-corrected chi connectivity index (χ2v) is 8.28. The quantitative estimate of drug-likeness (QED) is 0.186. The Hall–Kier alpha value is -1.58. The van der Waals surface area contributed by atoms with Gasteiger partial charge in [-0.15, -0.1) is 0 Å². The van der Waals surface area contributed by atoms with E-state index in [9.17, 15) is 30.6 Å². The van der Waals surface area contributed by atoms with Crippen LogP contribution in [0.3, 0.4) is 0 Å². The van der Waals surface area contributed by atoms with Crippen molar-refractivity contribution in [1.82, 2.24) is 0 Å². The van der Waals surface area contributed by atoms with Crippen LogP contribution < -0.4 is 10.6 Å². The van der Waals surface area contributed by atoms with E-state index in [0.29, 0.717) is 11.4 Å². The fourth-order valence-electron chi connectivity index (χ4n) is 3.85. The van der Waals surface area contributed by atoms with Crippen molar-refractivity contribution in [2.75, 3.05) is 23.8 Å². The molecule has 182 valence electrons. The highest BCUT2D eigenvalue weighted by atomic mass is 16.6. The first kappa shape index (κ1) is 25.1. The number of hydrogen-bond acceptors (Lipinski definition) is 12. The minimum absolute atomic E-state index is 0.403. The molecule has 2 aliphatic heterocycles. The summed E-state index contributed by atoms with van der Waals surface area (Å²) in [6, 6.07) is 3.46. The van der Waals surface area contributed by atoms with Crippen molar-refractivity contribution in [3.8, 4) is 0 Å². The molecule has 0 aromatic heterocycles. The normalized spacial score (nSPS) is 36.8. The number of ether oxygens (including phenoxy) is 2.